The van der Waals surface area contributed by atoms with Gasteiger partial charge in [-0.05, 0) is 290 Å². The molecule has 14 bridgehead atoms. The Morgan fingerprint density at radius 2 is 0.560 bits per heavy atom. The van der Waals surface area contributed by atoms with Crippen LogP contribution in [0.5, 0.6) is 0 Å². The fourth-order valence-corrected chi connectivity index (χ4v) is 55.2. The van der Waals surface area contributed by atoms with E-state index in [1.807, 2.05) is 8.61 Å². The molecule has 17 heterocycles. The van der Waals surface area contributed by atoms with Crippen molar-refractivity contribution in [2.24, 2.45) is 71.0 Å². The standard InChI is InChI=1S/C84H140N8O12S12/c1-41-13-15-57(85-41)58-19-22-64(88-58)69-27-28-70-66-24-21-62(90-66)60-18-17-59(87-60)61-20-23-65(89-61)68-26-25-67(63-16-14-42(2)86-63)91(68)115(99,100,101)31-7-11-47-50-34-44(4)106-78(50)80-54(47)38-72(108-80)73-36-52-46(10-6-30-114(96,97)98)53-37-74(110-82(53)81(52)109-73)76-40-56-48(12-8-32-116(102,103,104)92(69)70)55-39-75(111-83(55)84(56)112-76)71-35-51-45(9-5-29-113(93,94)95)49-33-43(3)105-77(49)79(51)107-71/h41-90H,5-40H2,1-4H3,(H,93,94,95)(H,96,97,98)(H2,99,100,101)(H2,102,103,104). The molecule has 32 heteroatoms. The Balaban J connectivity index is 0.583. The predicted octanol–water partition coefficient (Wildman–Crippen LogP) is 13.2. The Bertz CT molecular complexity index is 4010. The second-order valence-corrected chi connectivity index (χ2v) is 63.0. The van der Waals surface area contributed by atoms with E-state index in [4.69, 9.17) is 0 Å². The first kappa shape index (κ1) is 85.2. The second kappa shape index (κ2) is 32.2. The number of nitrogens with one attached hydrogen (secondary N) is 6. The van der Waals surface area contributed by atoms with E-state index in [0.717, 1.165) is 154 Å². The van der Waals surface area contributed by atoms with Crippen LogP contribution >= 0.6 is 94.1 Å². The van der Waals surface area contributed by atoms with Gasteiger partial charge in [-0.25, -0.2) is 8.42 Å². The number of hydrogen-bond acceptors (Lipinski definition) is 20. The largest absolute Gasteiger partial charge is 0.310 e. The van der Waals surface area contributed by atoms with Gasteiger partial charge in [0.05, 0.1) is 23.0 Å². The molecule has 21 fully saturated rings. The van der Waals surface area contributed by atoms with Gasteiger partial charge in [0.2, 0.25) is 0 Å². The number of nitrogens with zero attached hydrogens (tertiary/aromatic N) is 2. The van der Waals surface area contributed by atoms with Crippen molar-refractivity contribution in [3.63, 3.8) is 0 Å². The first-order valence-electron chi connectivity index (χ1n) is 46.9. The highest BCUT2D eigenvalue weighted by Crippen LogP contribution is 2.73. The summed E-state index contributed by atoms with van der Waals surface area (Å²) in [6, 6.07) is 1.05. The first-order chi connectivity index (χ1) is 55.3. The Morgan fingerprint density at radius 1 is 0.310 bits per heavy atom. The van der Waals surface area contributed by atoms with Gasteiger partial charge in [0.1, 0.15) is 19.6 Å². The van der Waals surface area contributed by atoms with Crippen molar-refractivity contribution in [2.75, 3.05) is 23.0 Å². The lowest BCUT2D eigenvalue weighted by Gasteiger charge is -2.48. The van der Waals surface area contributed by atoms with Gasteiger partial charge < -0.3 is 31.9 Å². The Morgan fingerprint density at radius 3 is 0.897 bits per heavy atom. The summed E-state index contributed by atoms with van der Waals surface area (Å²) >= 11 is 18.2. The maximum Gasteiger partial charge on any atom is 0.264 e. The summed E-state index contributed by atoms with van der Waals surface area (Å²) in [6.07, 6.45) is 29.5. The van der Waals surface area contributed by atoms with Gasteiger partial charge in [-0.3, -0.25) is 27.3 Å². The molecular formula is C84H140N8O12S12. The maximum absolute atomic E-state index is 16.5. The van der Waals surface area contributed by atoms with Crippen LogP contribution in [0.25, 0.3) is 0 Å². The van der Waals surface area contributed by atoms with Crippen molar-refractivity contribution >= 4 is 134 Å². The average Bonchev–Trinajstić information content (AvgIpc) is 1.55. The Kier molecular flexibility index (Phi) is 23.6. The summed E-state index contributed by atoms with van der Waals surface area (Å²) in [5.74, 6) is 5.29. The fourth-order valence-electron chi connectivity index (χ4n) is 31.7. The molecule has 44 unspecified atom stereocenters. The van der Waals surface area contributed by atoms with Gasteiger partial charge in [0.15, 0.2) is 0 Å². The summed E-state index contributed by atoms with van der Waals surface area (Å²) in [7, 11) is -18.9. The number of fused-ring (bicyclic) bond motifs is 27. The van der Waals surface area contributed by atoms with Gasteiger partial charge in [-0.15, -0.1) is 0 Å². The van der Waals surface area contributed by atoms with Crippen molar-refractivity contribution in [3.8, 4) is 0 Å². The van der Waals surface area contributed by atoms with Crippen molar-refractivity contribution in [1.82, 2.24) is 40.5 Å². The summed E-state index contributed by atoms with van der Waals surface area (Å²) in [4.78, 5) is 0. The molecular weight excluding hydrogens is 1700 g/mol. The van der Waals surface area contributed by atoms with Gasteiger partial charge in [-0.1, -0.05) is 13.8 Å². The average molecular weight is 1840 g/mol. The van der Waals surface area contributed by atoms with Gasteiger partial charge in [-0.2, -0.15) is 120 Å². The highest BCUT2D eigenvalue weighted by molar-refractivity contribution is 8.10. The number of rotatable bonds is 12. The van der Waals surface area contributed by atoms with Crippen molar-refractivity contribution in [2.45, 2.75) is 414 Å². The monoisotopic (exact) mass is 1840 g/mol. The molecule has 20 nitrogen and oxygen atoms in total. The molecule has 0 aromatic carbocycles. The molecule has 44 atom stereocenters. The zero-order valence-corrected chi connectivity index (χ0v) is 78.6. The molecule has 0 aromatic heterocycles. The smallest absolute Gasteiger partial charge is 0.264 e. The number of hydrogen-bond donors (Lipinski definition) is 12. The maximum atomic E-state index is 16.5. The first-order valence-corrected chi connectivity index (χ1v) is 61.7. The molecule has 21 aliphatic rings. The van der Waals surface area contributed by atoms with Crippen LogP contribution in [0.1, 0.15) is 233 Å². The van der Waals surface area contributed by atoms with E-state index in [1.165, 1.54) is 25.7 Å². The second-order valence-electron chi connectivity index (χ2n) is 42.5. The van der Waals surface area contributed by atoms with Crippen molar-refractivity contribution in [1.29, 1.82) is 0 Å². The highest BCUT2D eigenvalue weighted by atomic mass is 32.3. The van der Waals surface area contributed by atoms with E-state index in [2.05, 4.69) is 154 Å². The molecule has 4 aliphatic carbocycles. The topological polar surface area (TPSA) is 302 Å². The van der Waals surface area contributed by atoms with Crippen molar-refractivity contribution < 1.29 is 52.6 Å². The van der Waals surface area contributed by atoms with Gasteiger partial charge >= 0.3 is 0 Å². The van der Waals surface area contributed by atoms with Crippen LogP contribution in [-0.2, 0) is 39.9 Å². The zero-order valence-electron chi connectivity index (χ0n) is 68.8. The lowest BCUT2D eigenvalue weighted by Crippen LogP contribution is -2.64. The zero-order chi connectivity index (χ0) is 79.8. The molecule has 0 spiro atoms. The van der Waals surface area contributed by atoms with E-state index >= 15 is 8.42 Å². The predicted molar refractivity (Wildman–Crippen MR) is 486 cm³/mol. The van der Waals surface area contributed by atoms with Crippen LogP contribution < -0.4 is 31.9 Å². The minimum absolute atomic E-state index is 0.0130. The van der Waals surface area contributed by atoms with Crippen molar-refractivity contribution in [3.05, 3.63) is 0 Å². The van der Waals surface area contributed by atoms with Crippen LogP contribution in [0, 0.1) is 71.0 Å². The van der Waals surface area contributed by atoms with Crippen LogP contribution in [0.3, 0.4) is 0 Å². The van der Waals surface area contributed by atoms with Gasteiger partial charge in [0, 0.05) is 181 Å². The molecule has 4 saturated carbocycles. The third-order valence-electron chi connectivity index (χ3n) is 35.9. The van der Waals surface area contributed by atoms with E-state index in [1.54, 1.807) is 0 Å². The summed E-state index contributed by atoms with van der Waals surface area (Å²) < 4.78 is 159. The minimum atomic E-state index is -5.46. The number of thioether (sulfide) groups is 8. The van der Waals surface area contributed by atoms with Crippen LogP contribution in [0.2, 0.25) is 0 Å². The lowest BCUT2D eigenvalue weighted by atomic mass is 9.78. The van der Waals surface area contributed by atoms with E-state index in [0.29, 0.717) is 199 Å². The lowest BCUT2D eigenvalue weighted by molar-refractivity contribution is 0.182. The highest BCUT2D eigenvalue weighted by Gasteiger charge is 2.68. The molecule has 0 aromatic rings. The summed E-state index contributed by atoms with van der Waals surface area (Å²) in [5, 5.41) is 32.6. The molecule has 0 radical (unpaired) electrons. The fraction of sp³-hybridized carbons (Fsp3) is 1.00. The molecule has 0 amide bonds. The minimum Gasteiger partial charge on any atom is -0.310 e. The Labute approximate surface area is 728 Å². The summed E-state index contributed by atoms with van der Waals surface area (Å²) in [5.41, 5.74) is 0. The molecule has 17 aliphatic heterocycles. The normalized spacial score (nSPS) is 56.3. The van der Waals surface area contributed by atoms with E-state index < -0.39 is 39.9 Å². The molecule has 21 rings (SSSR count). The molecule has 12 N–H and O–H groups in total. The quantitative estimate of drug-likeness (QED) is 0.0638. The molecule has 17 saturated heterocycles. The van der Waals surface area contributed by atoms with E-state index in [-0.39, 0.29) is 102 Å². The van der Waals surface area contributed by atoms with Gasteiger partial charge in [0.25, 0.3) is 20.2 Å². The van der Waals surface area contributed by atoms with Crippen LogP contribution in [0.15, 0.2) is 0 Å². The van der Waals surface area contributed by atoms with E-state index in [9.17, 15) is 44.2 Å². The SMILES string of the molecule is CC1CCC(C2CCC(C3CCC4C5CCC(N5)C5CCC(N5)C5CCC(N5)C5CCC(C6CCC(C)N6)N5S(=O)(O)(O)CCCC5C6CC(C)SC6C6SC(CC56)C5CC6C(CCCS(=O)(=O)O)C7CC(SC7C6S5)C5CC6C(CCCS(=O)(O)(O)N34)C3CC(C4CC7C(CCCS(=O)(=O)O)C8CC(C)SC8C7S4)SC3C6S5)N2)N1. The third kappa shape index (κ3) is 15.9. The molecule has 116 heavy (non-hydrogen) atoms. The van der Waals surface area contributed by atoms with Crippen LogP contribution in [-0.4, -0.2) is 265 Å². The third-order valence-corrected chi connectivity index (χ3v) is 57.7. The summed E-state index contributed by atoms with van der Waals surface area (Å²) in [6.45, 7) is 9.30. The van der Waals surface area contributed by atoms with Crippen LogP contribution in [0.4, 0.5) is 0 Å². The molecule has 660 valence electrons. The Hall–Kier alpha value is 2.44.